The first-order valence-electron chi connectivity index (χ1n) is 9.39. The molecule has 1 aliphatic rings. The topological polar surface area (TPSA) is 67.4 Å². The summed E-state index contributed by atoms with van der Waals surface area (Å²) < 4.78 is 31.3. The molecule has 0 aromatic heterocycles. The van der Waals surface area contributed by atoms with E-state index in [1.165, 1.54) is 48.2 Å². The van der Waals surface area contributed by atoms with Gasteiger partial charge in [0.05, 0.1) is 5.75 Å². The summed E-state index contributed by atoms with van der Waals surface area (Å²) >= 11 is 1.34. The molecule has 3 rings (SSSR count). The monoisotopic (exact) mass is 420 g/mol. The zero-order chi connectivity index (χ0) is 20.6. The SMILES string of the molecule is O=C(CSc1ccc(F)cc1)N[C@@H]1CCC[C@H](OC(=O)Nc2ccc(F)cc2)C1. The molecule has 8 heteroatoms. The van der Waals surface area contributed by atoms with Crippen molar-refractivity contribution in [3.05, 3.63) is 60.2 Å². The first kappa shape index (κ1) is 21.1. The molecule has 2 N–H and O–H groups in total. The lowest BCUT2D eigenvalue weighted by Gasteiger charge is -2.29. The zero-order valence-corrected chi connectivity index (χ0v) is 16.5. The standard InChI is InChI=1S/C21H22F2N2O3S/c22-14-4-8-16(9-5-14)25-21(27)28-18-3-1-2-17(12-18)24-20(26)13-29-19-10-6-15(23)7-11-19/h4-11,17-18H,1-3,12-13H2,(H,24,26)(H,25,27)/t17-,18+/m1/s1. The van der Waals surface area contributed by atoms with Gasteiger partial charge in [0.1, 0.15) is 17.7 Å². The number of hydrogen-bond acceptors (Lipinski definition) is 4. The average Bonchev–Trinajstić information content (AvgIpc) is 2.69. The minimum atomic E-state index is -0.597. The van der Waals surface area contributed by atoms with Crippen molar-refractivity contribution in [1.29, 1.82) is 0 Å². The van der Waals surface area contributed by atoms with Gasteiger partial charge in [-0.3, -0.25) is 10.1 Å². The third-order valence-corrected chi connectivity index (χ3v) is 5.55. The van der Waals surface area contributed by atoms with E-state index >= 15 is 0 Å². The second-order valence-corrected chi connectivity index (χ2v) is 7.88. The predicted octanol–water partition coefficient (Wildman–Crippen LogP) is 4.73. The van der Waals surface area contributed by atoms with Gasteiger partial charge in [0.2, 0.25) is 5.91 Å². The van der Waals surface area contributed by atoms with E-state index in [0.29, 0.717) is 12.1 Å². The number of nitrogens with one attached hydrogen (secondary N) is 2. The van der Waals surface area contributed by atoms with E-state index in [-0.39, 0.29) is 35.4 Å². The number of halogens is 2. The van der Waals surface area contributed by atoms with Crippen LogP contribution in [0.2, 0.25) is 0 Å². The highest BCUT2D eigenvalue weighted by Crippen LogP contribution is 2.23. The van der Waals surface area contributed by atoms with Crippen LogP contribution in [0.15, 0.2) is 53.4 Å². The van der Waals surface area contributed by atoms with E-state index in [2.05, 4.69) is 10.6 Å². The van der Waals surface area contributed by atoms with E-state index in [1.807, 2.05) is 0 Å². The predicted molar refractivity (Wildman–Crippen MR) is 108 cm³/mol. The van der Waals surface area contributed by atoms with Gasteiger partial charge in [0.15, 0.2) is 0 Å². The summed E-state index contributed by atoms with van der Waals surface area (Å²) in [5.74, 6) is -0.567. The summed E-state index contributed by atoms with van der Waals surface area (Å²) in [4.78, 5) is 25.0. The van der Waals surface area contributed by atoms with Gasteiger partial charge in [-0.1, -0.05) is 0 Å². The Labute approximate surface area is 172 Å². The molecule has 2 amide bonds. The van der Waals surface area contributed by atoms with Crippen LogP contribution < -0.4 is 10.6 Å². The highest BCUT2D eigenvalue weighted by Gasteiger charge is 2.26. The van der Waals surface area contributed by atoms with E-state index in [1.54, 1.807) is 12.1 Å². The Morgan fingerprint density at radius 1 is 1.00 bits per heavy atom. The number of hydrogen-bond donors (Lipinski definition) is 2. The zero-order valence-electron chi connectivity index (χ0n) is 15.7. The molecule has 1 fully saturated rings. The number of anilines is 1. The molecule has 1 aliphatic carbocycles. The maximum absolute atomic E-state index is 12.9. The van der Waals surface area contributed by atoms with Crippen molar-refractivity contribution in [2.75, 3.05) is 11.1 Å². The van der Waals surface area contributed by atoms with Crippen molar-refractivity contribution < 1.29 is 23.1 Å². The molecule has 0 spiro atoms. The summed E-state index contributed by atoms with van der Waals surface area (Å²) in [6.45, 7) is 0. The third-order valence-electron chi connectivity index (χ3n) is 4.54. The second kappa shape index (κ2) is 10.2. The minimum absolute atomic E-state index is 0.0614. The maximum atomic E-state index is 12.9. The van der Waals surface area contributed by atoms with Crippen molar-refractivity contribution in [1.82, 2.24) is 5.32 Å². The van der Waals surface area contributed by atoms with Crippen molar-refractivity contribution in [3.63, 3.8) is 0 Å². The number of rotatable bonds is 6. The molecule has 29 heavy (non-hydrogen) atoms. The van der Waals surface area contributed by atoms with Gasteiger partial charge in [0, 0.05) is 23.0 Å². The van der Waals surface area contributed by atoms with Crippen molar-refractivity contribution in [3.8, 4) is 0 Å². The first-order chi connectivity index (χ1) is 14.0. The second-order valence-electron chi connectivity index (χ2n) is 6.83. The fraction of sp³-hybridized carbons (Fsp3) is 0.333. The van der Waals surface area contributed by atoms with Crippen LogP contribution in [0.25, 0.3) is 0 Å². The lowest BCUT2D eigenvalue weighted by atomic mass is 9.93. The van der Waals surface area contributed by atoms with Crippen molar-refractivity contribution >= 4 is 29.4 Å². The summed E-state index contributed by atoms with van der Waals surface area (Å²) in [5, 5.41) is 5.54. The molecule has 0 aliphatic heterocycles. The van der Waals surface area contributed by atoms with Crippen LogP contribution in [0.5, 0.6) is 0 Å². The normalized spacial score (nSPS) is 18.7. The number of amides is 2. The van der Waals surface area contributed by atoms with Crippen LogP contribution >= 0.6 is 11.8 Å². The Hall–Kier alpha value is -2.61. The van der Waals surface area contributed by atoms with Gasteiger partial charge in [-0.25, -0.2) is 13.6 Å². The van der Waals surface area contributed by atoms with Crippen molar-refractivity contribution in [2.24, 2.45) is 0 Å². The van der Waals surface area contributed by atoms with Gasteiger partial charge in [-0.05, 0) is 67.8 Å². The molecule has 0 saturated heterocycles. The highest BCUT2D eigenvalue weighted by molar-refractivity contribution is 8.00. The molecule has 2 aromatic carbocycles. The summed E-state index contributed by atoms with van der Waals surface area (Å²) in [5.41, 5.74) is 0.454. The largest absolute Gasteiger partial charge is 0.446 e. The number of benzene rings is 2. The summed E-state index contributed by atoms with van der Waals surface area (Å²) in [6, 6.07) is 11.4. The Morgan fingerprint density at radius 2 is 1.66 bits per heavy atom. The van der Waals surface area contributed by atoms with Gasteiger partial charge < -0.3 is 10.1 Å². The Balaban J connectivity index is 1.41. The quantitative estimate of drug-likeness (QED) is 0.663. The lowest BCUT2D eigenvalue weighted by molar-refractivity contribution is -0.119. The number of ether oxygens (including phenoxy) is 1. The van der Waals surface area contributed by atoms with Crippen LogP contribution in [-0.4, -0.2) is 29.9 Å². The van der Waals surface area contributed by atoms with Crippen LogP contribution in [-0.2, 0) is 9.53 Å². The molecule has 1 saturated carbocycles. The van der Waals surface area contributed by atoms with Gasteiger partial charge >= 0.3 is 6.09 Å². The number of carbonyl (C=O) groups excluding carboxylic acids is 2. The molecule has 2 aromatic rings. The molecular formula is C21H22F2N2O3S. The van der Waals surface area contributed by atoms with Crippen LogP contribution in [0.4, 0.5) is 19.3 Å². The number of carbonyl (C=O) groups is 2. The maximum Gasteiger partial charge on any atom is 0.411 e. The average molecular weight is 420 g/mol. The van der Waals surface area contributed by atoms with Gasteiger partial charge in [0.25, 0.3) is 0 Å². The Morgan fingerprint density at radius 3 is 2.34 bits per heavy atom. The van der Waals surface area contributed by atoms with Gasteiger partial charge in [-0.2, -0.15) is 0 Å². The highest BCUT2D eigenvalue weighted by atomic mass is 32.2. The molecule has 0 radical (unpaired) electrons. The molecule has 0 unspecified atom stereocenters. The Bertz CT molecular complexity index is 831. The number of thioether (sulfide) groups is 1. The smallest absolute Gasteiger partial charge is 0.411 e. The summed E-state index contributed by atoms with van der Waals surface area (Å²) in [6.07, 6.45) is 2.05. The molecule has 0 heterocycles. The molecule has 2 atom stereocenters. The molecule has 154 valence electrons. The lowest BCUT2D eigenvalue weighted by Crippen LogP contribution is -2.42. The van der Waals surface area contributed by atoms with E-state index < -0.39 is 6.09 Å². The van der Waals surface area contributed by atoms with E-state index in [9.17, 15) is 18.4 Å². The van der Waals surface area contributed by atoms with Crippen LogP contribution in [0, 0.1) is 11.6 Å². The first-order valence-corrected chi connectivity index (χ1v) is 10.4. The fourth-order valence-electron chi connectivity index (χ4n) is 3.16. The summed E-state index contributed by atoms with van der Waals surface area (Å²) in [7, 11) is 0. The molecular weight excluding hydrogens is 398 g/mol. The van der Waals surface area contributed by atoms with Gasteiger partial charge in [-0.15, -0.1) is 11.8 Å². The van der Waals surface area contributed by atoms with Crippen molar-refractivity contribution in [2.45, 2.75) is 42.7 Å². The van der Waals surface area contributed by atoms with E-state index in [0.717, 1.165) is 24.2 Å². The third kappa shape index (κ3) is 7.05. The Kier molecular flexibility index (Phi) is 7.46. The fourth-order valence-corrected chi connectivity index (χ4v) is 3.87. The van der Waals surface area contributed by atoms with Crippen LogP contribution in [0.1, 0.15) is 25.7 Å². The van der Waals surface area contributed by atoms with E-state index in [4.69, 9.17) is 4.74 Å². The molecule has 0 bridgehead atoms. The van der Waals surface area contributed by atoms with Crippen LogP contribution in [0.3, 0.4) is 0 Å². The minimum Gasteiger partial charge on any atom is -0.446 e. The molecule has 5 nitrogen and oxygen atoms in total.